The van der Waals surface area contributed by atoms with Crippen molar-refractivity contribution < 1.29 is 4.79 Å². The van der Waals surface area contributed by atoms with E-state index in [1.54, 1.807) is 0 Å². The van der Waals surface area contributed by atoms with E-state index in [1.165, 1.54) is 38.8 Å². The Bertz CT molecular complexity index is 249. The third-order valence-electron chi connectivity index (χ3n) is 4.72. The highest BCUT2D eigenvalue weighted by molar-refractivity contribution is 5.85. The average Bonchev–Trinajstić information content (AvgIpc) is 2.82. The molecule has 0 amide bonds. The van der Waals surface area contributed by atoms with Crippen molar-refractivity contribution in [1.29, 1.82) is 0 Å². The summed E-state index contributed by atoms with van der Waals surface area (Å²) in [7, 11) is 0. The first-order valence-corrected chi connectivity index (χ1v) is 6.61. The molecular weight excluding hydrogens is 186 g/mol. The van der Waals surface area contributed by atoms with Crippen LogP contribution < -0.4 is 0 Å². The zero-order chi connectivity index (χ0) is 10.3. The minimum atomic E-state index is 0.315. The third-order valence-corrected chi connectivity index (χ3v) is 4.72. The molecule has 2 heteroatoms. The Labute approximate surface area is 92.0 Å². The fraction of sp³-hybridized carbons (Fsp3) is 0.923. The van der Waals surface area contributed by atoms with Crippen LogP contribution >= 0.6 is 0 Å². The maximum atomic E-state index is 11.7. The molecule has 3 aliphatic rings. The normalized spacial score (nSPS) is 42.1. The number of ketones is 1. The average molecular weight is 207 g/mol. The van der Waals surface area contributed by atoms with Gasteiger partial charge in [-0.2, -0.15) is 0 Å². The van der Waals surface area contributed by atoms with Crippen LogP contribution in [0.5, 0.6) is 0 Å². The van der Waals surface area contributed by atoms with Crippen molar-refractivity contribution in [2.45, 2.75) is 51.0 Å². The zero-order valence-corrected chi connectivity index (χ0v) is 9.45. The number of rotatable bonds is 1. The topological polar surface area (TPSA) is 20.3 Å². The summed E-state index contributed by atoms with van der Waals surface area (Å²) < 4.78 is 0. The van der Waals surface area contributed by atoms with Crippen molar-refractivity contribution >= 4 is 5.78 Å². The second-order valence-electron chi connectivity index (χ2n) is 5.63. The molecule has 1 heterocycles. The Morgan fingerprint density at radius 3 is 2.13 bits per heavy atom. The molecule has 1 saturated heterocycles. The Hall–Kier alpha value is -0.370. The molecule has 2 aliphatic carbocycles. The number of Topliss-reactive ketones (excluding diaryl/α,β-unsaturated/α-hetero) is 1. The van der Waals surface area contributed by atoms with Crippen LogP contribution in [0.25, 0.3) is 0 Å². The van der Waals surface area contributed by atoms with Crippen molar-refractivity contribution in [3.63, 3.8) is 0 Å². The lowest BCUT2D eigenvalue weighted by molar-refractivity contribution is -0.121. The summed E-state index contributed by atoms with van der Waals surface area (Å²) in [5, 5.41) is 0. The molecule has 84 valence electrons. The molecule has 0 N–H and O–H groups in total. The van der Waals surface area contributed by atoms with E-state index in [1.807, 2.05) is 0 Å². The van der Waals surface area contributed by atoms with Crippen LogP contribution in [0.4, 0.5) is 0 Å². The van der Waals surface area contributed by atoms with E-state index in [-0.39, 0.29) is 0 Å². The van der Waals surface area contributed by atoms with Crippen LogP contribution in [0.1, 0.15) is 44.9 Å². The molecule has 0 radical (unpaired) electrons. The number of hydrogen-bond donors (Lipinski definition) is 0. The van der Waals surface area contributed by atoms with Gasteiger partial charge in [0.15, 0.2) is 0 Å². The second-order valence-corrected chi connectivity index (χ2v) is 5.63. The van der Waals surface area contributed by atoms with Gasteiger partial charge in [0.05, 0.1) is 6.04 Å². The lowest BCUT2D eigenvalue weighted by Gasteiger charge is -2.23. The van der Waals surface area contributed by atoms with Gasteiger partial charge in [-0.3, -0.25) is 9.69 Å². The van der Waals surface area contributed by atoms with E-state index in [0.29, 0.717) is 11.8 Å². The smallest absolute Gasteiger partial charge is 0.149 e. The van der Waals surface area contributed by atoms with Gasteiger partial charge in [0.25, 0.3) is 0 Å². The monoisotopic (exact) mass is 207 g/mol. The first kappa shape index (κ1) is 9.83. The van der Waals surface area contributed by atoms with E-state index < -0.39 is 0 Å². The summed E-state index contributed by atoms with van der Waals surface area (Å²) >= 11 is 0. The fourth-order valence-corrected chi connectivity index (χ4v) is 3.88. The van der Waals surface area contributed by atoms with Gasteiger partial charge in [-0.05, 0) is 37.5 Å². The van der Waals surface area contributed by atoms with Crippen LogP contribution in [0.2, 0.25) is 0 Å². The summed E-state index contributed by atoms with van der Waals surface area (Å²) in [6.07, 6.45) is 8.80. The number of carbonyl (C=O) groups excluding carboxylic acids is 1. The summed E-state index contributed by atoms with van der Waals surface area (Å²) in [5.74, 6) is 2.37. The van der Waals surface area contributed by atoms with Gasteiger partial charge in [-0.15, -0.1) is 0 Å². The molecule has 0 aromatic carbocycles. The maximum absolute atomic E-state index is 11.7. The van der Waals surface area contributed by atoms with Crippen LogP contribution in [-0.2, 0) is 4.79 Å². The lowest BCUT2D eigenvalue weighted by Crippen LogP contribution is -2.36. The summed E-state index contributed by atoms with van der Waals surface area (Å²) in [5.41, 5.74) is 0. The lowest BCUT2D eigenvalue weighted by atomic mass is 9.82. The molecular formula is C13H21NO. The summed E-state index contributed by atoms with van der Waals surface area (Å²) in [6, 6.07) is 0.315. The summed E-state index contributed by atoms with van der Waals surface area (Å²) in [4.78, 5) is 14.2. The zero-order valence-electron chi connectivity index (χ0n) is 9.45. The Kier molecular flexibility index (Phi) is 2.55. The van der Waals surface area contributed by atoms with Gasteiger partial charge in [-0.1, -0.05) is 12.8 Å². The van der Waals surface area contributed by atoms with E-state index in [4.69, 9.17) is 0 Å². The number of likely N-dealkylation sites (tertiary alicyclic amines) is 1. The number of hydrogen-bond acceptors (Lipinski definition) is 2. The summed E-state index contributed by atoms with van der Waals surface area (Å²) in [6.45, 7) is 2.45. The standard InChI is InChI=1S/C13H21NO/c15-13-7-3-6-12(13)14-8-10-4-1-2-5-11(10)9-14/h10-12H,1-9H2/t10-,11+,12?. The third kappa shape index (κ3) is 1.73. The minimum absolute atomic E-state index is 0.315. The highest BCUT2D eigenvalue weighted by Crippen LogP contribution is 2.38. The second kappa shape index (κ2) is 3.89. The van der Waals surface area contributed by atoms with Gasteiger partial charge in [0.2, 0.25) is 0 Å². The number of fused-ring (bicyclic) bond motifs is 1. The van der Waals surface area contributed by atoms with E-state index in [0.717, 1.165) is 31.1 Å². The molecule has 2 saturated carbocycles. The molecule has 0 aromatic rings. The molecule has 0 aromatic heterocycles. The molecule has 0 spiro atoms. The predicted octanol–water partition coefficient (Wildman–Crippen LogP) is 2.23. The number of nitrogens with zero attached hydrogens (tertiary/aromatic N) is 1. The molecule has 0 bridgehead atoms. The van der Waals surface area contributed by atoms with Crippen molar-refractivity contribution in [3.8, 4) is 0 Å². The van der Waals surface area contributed by atoms with Gasteiger partial charge in [-0.25, -0.2) is 0 Å². The first-order chi connectivity index (χ1) is 7.34. The van der Waals surface area contributed by atoms with Gasteiger partial charge >= 0.3 is 0 Å². The van der Waals surface area contributed by atoms with Crippen molar-refractivity contribution in [2.24, 2.45) is 11.8 Å². The molecule has 2 nitrogen and oxygen atoms in total. The quantitative estimate of drug-likeness (QED) is 0.657. The van der Waals surface area contributed by atoms with Crippen LogP contribution in [0.3, 0.4) is 0 Å². The van der Waals surface area contributed by atoms with Crippen molar-refractivity contribution in [1.82, 2.24) is 4.90 Å². The molecule has 15 heavy (non-hydrogen) atoms. The largest absolute Gasteiger partial charge is 0.298 e. The highest BCUT2D eigenvalue weighted by atomic mass is 16.1. The van der Waals surface area contributed by atoms with Crippen molar-refractivity contribution in [3.05, 3.63) is 0 Å². The van der Waals surface area contributed by atoms with Gasteiger partial charge in [0, 0.05) is 19.5 Å². The fourth-order valence-electron chi connectivity index (χ4n) is 3.88. The minimum Gasteiger partial charge on any atom is -0.298 e. The highest BCUT2D eigenvalue weighted by Gasteiger charge is 2.40. The van der Waals surface area contributed by atoms with Crippen molar-refractivity contribution in [2.75, 3.05) is 13.1 Å². The molecule has 3 atom stereocenters. The van der Waals surface area contributed by atoms with Crippen LogP contribution in [0, 0.1) is 11.8 Å². The predicted molar refractivity (Wildman–Crippen MR) is 59.7 cm³/mol. The van der Waals surface area contributed by atoms with Crippen LogP contribution in [0.15, 0.2) is 0 Å². The Morgan fingerprint density at radius 1 is 0.933 bits per heavy atom. The SMILES string of the molecule is O=C1CCCC1N1C[C@H]2CCCC[C@H]2C1. The molecule has 3 fully saturated rings. The maximum Gasteiger partial charge on any atom is 0.149 e. The van der Waals surface area contributed by atoms with E-state index >= 15 is 0 Å². The van der Waals surface area contributed by atoms with Gasteiger partial charge < -0.3 is 0 Å². The van der Waals surface area contributed by atoms with Gasteiger partial charge in [0.1, 0.15) is 5.78 Å². The number of carbonyl (C=O) groups is 1. The van der Waals surface area contributed by atoms with Crippen LogP contribution in [-0.4, -0.2) is 29.8 Å². The molecule has 3 rings (SSSR count). The Balaban J connectivity index is 1.66. The van der Waals surface area contributed by atoms with E-state index in [9.17, 15) is 4.79 Å². The molecule has 1 unspecified atom stereocenters. The Morgan fingerprint density at radius 2 is 1.60 bits per heavy atom. The first-order valence-electron chi connectivity index (χ1n) is 6.61. The molecule has 1 aliphatic heterocycles. The van der Waals surface area contributed by atoms with E-state index in [2.05, 4.69) is 4.90 Å².